The summed E-state index contributed by atoms with van der Waals surface area (Å²) in [4.78, 5) is 13.0. The third-order valence-corrected chi connectivity index (χ3v) is 5.99. The van der Waals surface area contributed by atoms with Crippen molar-refractivity contribution < 1.29 is 13.3 Å². The molecule has 1 N–H and O–H groups in total. The molecular weight excluding hydrogens is 366 g/mol. The summed E-state index contributed by atoms with van der Waals surface area (Å²) < 4.78 is 23.9. The summed E-state index contributed by atoms with van der Waals surface area (Å²) in [6.07, 6.45) is 0.985. The molecule has 2 unspecified atom stereocenters. The molecule has 27 heavy (non-hydrogen) atoms. The fourth-order valence-corrected chi connectivity index (χ4v) is 4.41. The summed E-state index contributed by atoms with van der Waals surface area (Å²) in [5.41, 5.74) is 1.09. The molecule has 2 aromatic carbocycles. The Morgan fingerprint density at radius 2 is 1.85 bits per heavy atom. The first kappa shape index (κ1) is 19.3. The molecule has 2 atom stereocenters. The van der Waals surface area contributed by atoms with Crippen LogP contribution in [0.2, 0.25) is 0 Å². The molecule has 0 saturated carbocycles. The Bertz CT molecular complexity index is 931. The number of nitrogens with zero attached hydrogens (tertiary/aromatic N) is 2. The van der Waals surface area contributed by atoms with E-state index in [0.717, 1.165) is 25.9 Å². The predicted octanol–water partition coefficient (Wildman–Crippen LogP) is 2.93. The van der Waals surface area contributed by atoms with Gasteiger partial charge in [-0.05, 0) is 23.6 Å². The maximum absolute atomic E-state index is 11.9. The summed E-state index contributed by atoms with van der Waals surface area (Å²) >= 11 is 0. The van der Waals surface area contributed by atoms with E-state index in [4.69, 9.17) is 0 Å². The van der Waals surface area contributed by atoms with Crippen LogP contribution in [0.15, 0.2) is 53.4 Å². The van der Waals surface area contributed by atoms with Crippen LogP contribution >= 0.6 is 0 Å². The predicted molar refractivity (Wildman–Crippen MR) is 104 cm³/mol. The van der Waals surface area contributed by atoms with Crippen LogP contribution in [-0.2, 0) is 16.4 Å². The van der Waals surface area contributed by atoms with Crippen molar-refractivity contribution in [1.82, 2.24) is 4.90 Å². The summed E-state index contributed by atoms with van der Waals surface area (Å²) in [7, 11) is -3.69. The number of benzene rings is 2. The van der Waals surface area contributed by atoms with Gasteiger partial charge in [-0.25, -0.2) is 8.42 Å². The minimum absolute atomic E-state index is 0.00206. The van der Waals surface area contributed by atoms with Gasteiger partial charge in [-0.2, -0.15) is 0 Å². The number of hydrogen-bond donors (Lipinski definition) is 1. The van der Waals surface area contributed by atoms with E-state index in [1.54, 1.807) is 6.07 Å². The average molecular weight is 389 g/mol. The topological polar surface area (TPSA) is 92.6 Å². The van der Waals surface area contributed by atoms with Crippen LogP contribution in [0.5, 0.6) is 0 Å². The monoisotopic (exact) mass is 389 g/mol. The van der Waals surface area contributed by atoms with Gasteiger partial charge in [0.15, 0.2) is 9.84 Å². The lowest BCUT2D eigenvalue weighted by Crippen LogP contribution is -2.28. The molecule has 0 aliphatic carbocycles. The highest BCUT2D eigenvalue weighted by Gasteiger charge is 2.33. The third kappa shape index (κ3) is 4.45. The molecule has 0 amide bonds. The van der Waals surface area contributed by atoms with Crippen molar-refractivity contribution in [2.45, 2.75) is 24.4 Å². The Morgan fingerprint density at radius 3 is 2.48 bits per heavy atom. The molecule has 7 nitrogen and oxygen atoms in total. The second-order valence-corrected chi connectivity index (χ2v) is 9.07. The number of nitrogens with one attached hydrogen (secondary N) is 1. The first-order valence-corrected chi connectivity index (χ1v) is 10.6. The van der Waals surface area contributed by atoms with Crippen molar-refractivity contribution in [1.29, 1.82) is 0 Å². The second kappa shape index (κ2) is 7.66. The minimum atomic E-state index is -3.69. The lowest BCUT2D eigenvalue weighted by Gasteiger charge is -2.19. The van der Waals surface area contributed by atoms with Gasteiger partial charge in [-0.3, -0.25) is 15.0 Å². The fraction of sp³-hybridized carbons (Fsp3) is 0.368. The van der Waals surface area contributed by atoms with Gasteiger partial charge in [-0.1, -0.05) is 43.3 Å². The van der Waals surface area contributed by atoms with Crippen LogP contribution < -0.4 is 5.32 Å². The summed E-state index contributed by atoms with van der Waals surface area (Å²) in [5.74, 6) is 0.273. The molecule has 0 bridgehead atoms. The number of anilines is 1. The fourth-order valence-electron chi connectivity index (χ4n) is 3.55. The van der Waals surface area contributed by atoms with E-state index in [9.17, 15) is 18.5 Å². The van der Waals surface area contributed by atoms with Gasteiger partial charge in [0.25, 0.3) is 0 Å². The molecule has 8 heteroatoms. The largest absolute Gasteiger partial charge is 0.375 e. The highest BCUT2D eigenvalue weighted by molar-refractivity contribution is 7.90. The van der Waals surface area contributed by atoms with E-state index in [0.29, 0.717) is 0 Å². The van der Waals surface area contributed by atoms with Crippen molar-refractivity contribution >= 4 is 21.2 Å². The van der Waals surface area contributed by atoms with Gasteiger partial charge in [0.05, 0.1) is 4.92 Å². The zero-order chi connectivity index (χ0) is 19.6. The zero-order valence-electron chi connectivity index (χ0n) is 15.3. The minimum Gasteiger partial charge on any atom is -0.375 e. The Kier molecular flexibility index (Phi) is 5.48. The molecule has 1 heterocycles. The Labute approximate surface area is 159 Å². The lowest BCUT2D eigenvalue weighted by atomic mass is 10.1. The number of rotatable bonds is 6. The van der Waals surface area contributed by atoms with Gasteiger partial charge >= 0.3 is 5.69 Å². The maximum atomic E-state index is 11.9. The van der Waals surface area contributed by atoms with Crippen molar-refractivity contribution in [3.05, 3.63) is 64.2 Å². The SMILES string of the molecule is CC1CN(Cc2ccccc2)CC1Nc1cccc(S(C)(=O)=O)c1[N+](=O)[O-]. The molecular formula is C19H23N3O4S. The van der Waals surface area contributed by atoms with E-state index >= 15 is 0 Å². The van der Waals surface area contributed by atoms with Crippen LogP contribution in [-0.4, -0.2) is 43.6 Å². The Morgan fingerprint density at radius 1 is 1.15 bits per heavy atom. The van der Waals surface area contributed by atoms with Crippen molar-refractivity contribution in [2.75, 3.05) is 24.7 Å². The molecule has 1 aliphatic heterocycles. The van der Waals surface area contributed by atoms with Crippen LogP contribution in [0.3, 0.4) is 0 Å². The number of likely N-dealkylation sites (tertiary alicyclic amines) is 1. The van der Waals surface area contributed by atoms with E-state index in [2.05, 4.69) is 29.3 Å². The molecule has 144 valence electrons. The van der Waals surface area contributed by atoms with E-state index < -0.39 is 14.8 Å². The molecule has 0 aromatic heterocycles. The standard InChI is InChI=1S/C19H23N3O4S/c1-14-11-21(12-15-7-4-3-5-8-15)13-17(14)20-16-9-6-10-18(27(2,25)26)19(16)22(23)24/h3-10,14,17,20H,11-13H2,1-2H3. The second-order valence-electron chi connectivity index (χ2n) is 7.09. The van der Waals surface area contributed by atoms with E-state index in [1.807, 2.05) is 18.2 Å². The van der Waals surface area contributed by atoms with Gasteiger partial charge in [0.1, 0.15) is 10.6 Å². The molecule has 0 spiro atoms. The van der Waals surface area contributed by atoms with Gasteiger partial charge in [0, 0.05) is 31.9 Å². The number of sulfone groups is 1. The molecule has 3 rings (SSSR count). The molecule has 0 radical (unpaired) electrons. The Hall–Kier alpha value is -2.45. The molecule has 1 saturated heterocycles. The number of nitro benzene ring substituents is 1. The lowest BCUT2D eigenvalue weighted by molar-refractivity contribution is -0.386. The van der Waals surface area contributed by atoms with Gasteiger partial charge in [0.2, 0.25) is 0 Å². The van der Waals surface area contributed by atoms with Crippen LogP contribution in [0, 0.1) is 16.0 Å². The highest BCUT2D eigenvalue weighted by Crippen LogP contribution is 2.34. The average Bonchev–Trinajstić information content (AvgIpc) is 2.93. The first-order valence-electron chi connectivity index (χ1n) is 8.76. The summed E-state index contributed by atoms with van der Waals surface area (Å²) in [6.45, 7) is 4.51. The summed E-state index contributed by atoms with van der Waals surface area (Å²) in [5, 5.41) is 14.8. The van der Waals surface area contributed by atoms with E-state index in [-0.39, 0.29) is 28.2 Å². The van der Waals surface area contributed by atoms with Gasteiger partial charge in [-0.15, -0.1) is 0 Å². The molecule has 1 fully saturated rings. The van der Waals surface area contributed by atoms with Gasteiger partial charge < -0.3 is 5.32 Å². The smallest absolute Gasteiger partial charge is 0.310 e. The van der Waals surface area contributed by atoms with Crippen LogP contribution in [0.1, 0.15) is 12.5 Å². The van der Waals surface area contributed by atoms with Crippen molar-refractivity contribution in [3.8, 4) is 0 Å². The Balaban J connectivity index is 1.80. The highest BCUT2D eigenvalue weighted by atomic mass is 32.2. The van der Waals surface area contributed by atoms with Crippen LogP contribution in [0.25, 0.3) is 0 Å². The number of hydrogen-bond acceptors (Lipinski definition) is 6. The molecule has 2 aromatic rings. The third-order valence-electron chi connectivity index (χ3n) is 4.86. The van der Waals surface area contributed by atoms with Crippen molar-refractivity contribution in [3.63, 3.8) is 0 Å². The van der Waals surface area contributed by atoms with Crippen molar-refractivity contribution in [2.24, 2.45) is 5.92 Å². The van der Waals surface area contributed by atoms with Crippen LogP contribution in [0.4, 0.5) is 11.4 Å². The first-order chi connectivity index (χ1) is 12.8. The quantitative estimate of drug-likeness (QED) is 0.603. The van der Waals surface area contributed by atoms with E-state index in [1.165, 1.54) is 17.7 Å². The molecule has 1 aliphatic rings. The zero-order valence-corrected chi connectivity index (χ0v) is 16.1. The normalized spacial score (nSPS) is 20.5. The maximum Gasteiger partial charge on any atom is 0.310 e. The number of nitro groups is 1. The number of para-hydroxylation sites is 1. The summed E-state index contributed by atoms with van der Waals surface area (Å²) in [6, 6.07) is 14.5.